The average molecular weight is 436 g/mol. The molecule has 12 heteroatoms. The summed E-state index contributed by atoms with van der Waals surface area (Å²) < 4.78 is 0. The predicted molar refractivity (Wildman–Crippen MR) is 93.3 cm³/mol. The van der Waals surface area contributed by atoms with Gasteiger partial charge in [-0.2, -0.15) is 0 Å². The Balaban J connectivity index is 0.000000208. The first kappa shape index (κ1) is 19.4. The van der Waals surface area contributed by atoms with Crippen LogP contribution in [0.4, 0.5) is 17.1 Å². The lowest BCUT2D eigenvalue weighted by Gasteiger charge is -2.06. The third-order valence-corrected chi connectivity index (χ3v) is 8.46. The number of rotatable bonds is 3. The van der Waals surface area contributed by atoms with Crippen molar-refractivity contribution in [2.24, 2.45) is 0 Å². The smallest absolute Gasteiger partial charge is 0.283 e. The van der Waals surface area contributed by atoms with E-state index in [1.165, 1.54) is 25.0 Å². The van der Waals surface area contributed by atoms with Crippen LogP contribution in [0.15, 0.2) is 12.1 Å². The molecule has 0 N–H and O–H groups in total. The van der Waals surface area contributed by atoms with E-state index >= 15 is 0 Å². The number of nitro groups is 3. The predicted octanol–water partition coefficient (Wildman–Crippen LogP) is 2.42. The van der Waals surface area contributed by atoms with Crippen LogP contribution in [0.3, 0.4) is 0 Å². The van der Waals surface area contributed by atoms with Gasteiger partial charge in [0.2, 0.25) is 0 Å². The number of non-ortho nitro benzene ring substituents is 1. The average Bonchev–Trinajstić information content (AvgIpc) is 3.13. The standard InChI is InChI=1S/C7H12BrS.C6H3N3O7/c8-6-3-5-9-4-1-2-7(6)9;10-6-4(8(13)14)1-3(7(11)12)2-5(6)9(15)16/h6-7H,1-5H2;1-2,10H/q+1;/p-1. The van der Waals surface area contributed by atoms with Crippen molar-refractivity contribution in [1.82, 2.24) is 0 Å². The van der Waals surface area contributed by atoms with Gasteiger partial charge in [-0.25, -0.2) is 0 Å². The molecule has 2 aliphatic rings. The van der Waals surface area contributed by atoms with E-state index < -0.39 is 37.6 Å². The Bertz CT molecular complexity index is 682. The van der Waals surface area contributed by atoms with Gasteiger partial charge >= 0.3 is 0 Å². The lowest BCUT2D eigenvalue weighted by atomic mass is 10.2. The molecule has 2 saturated heterocycles. The van der Waals surface area contributed by atoms with Crippen molar-refractivity contribution in [2.45, 2.75) is 29.3 Å². The van der Waals surface area contributed by atoms with Crippen LogP contribution in [0.5, 0.6) is 5.75 Å². The van der Waals surface area contributed by atoms with Gasteiger partial charge in [-0.1, -0.05) is 15.9 Å². The Labute approximate surface area is 153 Å². The first-order valence-corrected chi connectivity index (χ1v) is 9.85. The van der Waals surface area contributed by atoms with Crippen molar-refractivity contribution in [1.29, 1.82) is 0 Å². The van der Waals surface area contributed by atoms with Crippen LogP contribution in [0.25, 0.3) is 0 Å². The summed E-state index contributed by atoms with van der Waals surface area (Å²) >= 11 is 3.75. The highest BCUT2D eigenvalue weighted by atomic mass is 79.9. The fraction of sp³-hybridized carbons (Fsp3) is 0.538. The number of nitro benzene ring substituents is 3. The monoisotopic (exact) mass is 435 g/mol. The summed E-state index contributed by atoms with van der Waals surface area (Å²) in [5.41, 5.74) is -3.26. The Kier molecular flexibility index (Phi) is 6.16. The molecular formula is C13H14BrN3O7S. The highest BCUT2D eigenvalue weighted by Crippen LogP contribution is 2.37. The molecular weight excluding hydrogens is 422 g/mol. The summed E-state index contributed by atoms with van der Waals surface area (Å²) in [5.74, 6) is 1.62. The highest BCUT2D eigenvalue weighted by Gasteiger charge is 2.46. The van der Waals surface area contributed by atoms with Crippen molar-refractivity contribution < 1.29 is 19.9 Å². The molecule has 0 saturated carbocycles. The van der Waals surface area contributed by atoms with E-state index in [4.69, 9.17) is 0 Å². The van der Waals surface area contributed by atoms with Gasteiger partial charge in [-0.3, -0.25) is 30.3 Å². The molecule has 0 radical (unpaired) electrons. The van der Waals surface area contributed by atoms with Gasteiger partial charge in [0.05, 0.1) is 37.5 Å². The minimum absolute atomic E-state index is 0.384. The molecule has 1 aromatic carbocycles. The molecule has 2 heterocycles. The number of halogens is 1. The number of hydrogen-bond donors (Lipinski definition) is 0. The van der Waals surface area contributed by atoms with Crippen LogP contribution in [-0.2, 0) is 10.9 Å². The Morgan fingerprint density at radius 3 is 1.96 bits per heavy atom. The van der Waals surface area contributed by atoms with Crippen LogP contribution in [0.2, 0.25) is 0 Å². The molecule has 136 valence electrons. The van der Waals surface area contributed by atoms with Crippen molar-refractivity contribution in [3.05, 3.63) is 42.5 Å². The van der Waals surface area contributed by atoms with E-state index in [1.54, 1.807) is 5.75 Å². The molecule has 3 rings (SSSR count). The number of benzene rings is 1. The largest absolute Gasteiger partial charge is 0.863 e. The van der Waals surface area contributed by atoms with E-state index in [0.29, 0.717) is 12.1 Å². The number of alkyl halides is 1. The van der Waals surface area contributed by atoms with E-state index in [-0.39, 0.29) is 0 Å². The molecule has 1 aromatic rings. The quantitative estimate of drug-likeness (QED) is 0.305. The molecule has 2 aliphatic heterocycles. The summed E-state index contributed by atoms with van der Waals surface area (Å²) in [4.78, 5) is 28.4. The van der Waals surface area contributed by atoms with Crippen molar-refractivity contribution in [2.75, 3.05) is 11.5 Å². The van der Waals surface area contributed by atoms with Crippen LogP contribution in [0, 0.1) is 30.3 Å². The van der Waals surface area contributed by atoms with E-state index in [2.05, 4.69) is 15.9 Å². The molecule has 3 atom stereocenters. The molecule has 0 aliphatic carbocycles. The number of nitrogens with zero attached hydrogens (tertiary/aromatic N) is 3. The van der Waals surface area contributed by atoms with Gasteiger partial charge in [0, 0.05) is 12.8 Å². The van der Waals surface area contributed by atoms with Gasteiger partial charge in [-0.05, 0) is 17.3 Å². The molecule has 3 unspecified atom stereocenters. The van der Waals surface area contributed by atoms with Gasteiger partial charge in [-0.15, -0.1) is 0 Å². The van der Waals surface area contributed by atoms with Crippen molar-refractivity contribution in [3.8, 4) is 5.75 Å². The van der Waals surface area contributed by atoms with Crippen LogP contribution in [0.1, 0.15) is 19.3 Å². The molecule has 0 aromatic heterocycles. The van der Waals surface area contributed by atoms with Gasteiger partial charge in [0.15, 0.2) is 0 Å². The van der Waals surface area contributed by atoms with Gasteiger partial charge < -0.3 is 5.11 Å². The zero-order chi connectivity index (χ0) is 18.7. The highest BCUT2D eigenvalue weighted by molar-refractivity contribution is 9.09. The number of hydrogen-bond acceptors (Lipinski definition) is 7. The summed E-state index contributed by atoms with van der Waals surface area (Å²) in [6.45, 7) is 0. The third kappa shape index (κ3) is 4.37. The second-order valence-electron chi connectivity index (χ2n) is 5.52. The van der Waals surface area contributed by atoms with E-state index in [0.717, 1.165) is 21.0 Å². The maximum Gasteiger partial charge on any atom is 0.283 e. The Morgan fingerprint density at radius 1 is 0.960 bits per heavy atom. The SMILES string of the molecule is BrC1CC[S+]2CCCC12.O=[N+]([O-])c1cc([N+](=O)[O-])c([O-])c([N+](=O)[O-])c1. The zero-order valence-electron chi connectivity index (χ0n) is 12.8. The summed E-state index contributed by atoms with van der Waals surface area (Å²) in [6, 6.07) is 0.769. The summed E-state index contributed by atoms with van der Waals surface area (Å²) in [5, 5.41) is 43.2. The number of fused-ring (bicyclic) bond motifs is 1. The van der Waals surface area contributed by atoms with Crippen molar-refractivity contribution >= 4 is 43.9 Å². The second kappa shape index (κ2) is 7.95. The normalized spacial score (nSPS) is 24.1. The van der Waals surface area contributed by atoms with E-state index in [9.17, 15) is 35.4 Å². The van der Waals surface area contributed by atoms with Crippen molar-refractivity contribution in [3.63, 3.8) is 0 Å². The molecule has 0 bridgehead atoms. The van der Waals surface area contributed by atoms with Gasteiger partial charge in [0.25, 0.3) is 17.1 Å². The molecule has 25 heavy (non-hydrogen) atoms. The van der Waals surface area contributed by atoms with Gasteiger partial charge in [0.1, 0.15) is 16.8 Å². The molecule has 0 spiro atoms. The minimum Gasteiger partial charge on any atom is -0.863 e. The first-order valence-electron chi connectivity index (χ1n) is 7.31. The maximum atomic E-state index is 11.1. The molecule has 2 fully saturated rings. The summed E-state index contributed by atoms with van der Waals surface area (Å²) in [6.07, 6.45) is 4.47. The van der Waals surface area contributed by atoms with Crippen LogP contribution < -0.4 is 5.11 Å². The van der Waals surface area contributed by atoms with Crippen LogP contribution >= 0.6 is 15.9 Å². The fourth-order valence-corrected chi connectivity index (χ4v) is 7.51. The summed E-state index contributed by atoms with van der Waals surface area (Å²) in [7, 11) is 0.855. The van der Waals surface area contributed by atoms with E-state index in [1.807, 2.05) is 0 Å². The maximum absolute atomic E-state index is 11.1. The molecule has 0 amide bonds. The lowest BCUT2D eigenvalue weighted by molar-refractivity contribution is -0.420. The lowest BCUT2D eigenvalue weighted by Crippen LogP contribution is -2.16. The van der Waals surface area contributed by atoms with Crippen LogP contribution in [-0.4, -0.2) is 36.4 Å². The third-order valence-electron chi connectivity index (χ3n) is 4.02. The Morgan fingerprint density at radius 2 is 1.52 bits per heavy atom. The molecule has 10 nitrogen and oxygen atoms in total. The topological polar surface area (TPSA) is 152 Å². The first-order chi connectivity index (χ1) is 11.7. The minimum atomic E-state index is -1.46. The fourth-order valence-electron chi connectivity index (χ4n) is 2.84. The second-order valence-corrected chi connectivity index (χ2v) is 9.19. The zero-order valence-corrected chi connectivity index (χ0v) is 15.2. The Hall–Kier alpha value is -1.95.